The van der Waals surface area contributed by atoms with Gasteiger partial charge in [-0.3, -0.25) is 4.90 Å². The van der Waals surface area contributed by atoms with Crippen LogP contribution in [0.1, 0.15) is 33.3 Å². The molecule has 132 valence electrons. The van der Waals surface area contributed by atoms with Gasteiger partial charge in [0.2, 0.25) is 0 Å². The molecule has 3 nitrogen and oxygen atoms in total. The molecule has 1 unspecified atom stereocenters. The summed E-state index contributed by atoms with van der Waals surface area (Å²) in [4.78, 5) is 1.98. The van der Waals surface area contributed by atoms with Crippen LogP contribution in [0.2, 0.25) is 0 Å². The second kappa shape index (κ2) is 9.96. The Balaban J connectivity index is 2.61. The molecule has 0 aliphatic rings. The fourth-order valence-electron chi connectivity index (χ4n) is 2.40. The number of aliphatic hydroxyl groups excluding tert-OH is 1. The van der Waals surface area contributed by atoms with Crippen LogP contribution in [-0.2, 0) is 11.3 Å². The summed E-state index contributed by atoms with van der Waals surface area (Å²) in [6.07, 6.45) is -0.629. The standard InChI is InChI=1S/C18H29F2NO2/c1-13(2)8-21(10-17(22)12-23-11-14(3)4)9-15-5-6-16(19)7-18(15)20/h5-7,13-14,17,22H,8-12H2,1-4H3. The fraction of sp³-hybridized carbons (Fsp3) is 0.667. The van der Waals surface area contributed by atoms with E-state index in [1.54, 1.807) is 0 Å². The van der Waals surface area contributed by atoms with Crippen molar-refractivity contribution in [3.05, 3.63) is 35.4 Å². The van der Waals surface area contributed by atoms with E-state index in [2.05, 4.69) is 27.7 Å². The highest BCUT2D eigenvalue weighted by Gasteiger charge is 2.16. The fourth-order valence-corrected chi connectivity index (χ4v) is 2.40. The molecule has 0 saturated carbocycles. The highest BCUT2D eigenvalue weighted by atomic mass is 19.1. The molecular formula is C18H29F2NO2. The molecule has 23 heavy (non-hydrogen) atoms. The van der Waals surface area contributed by atoms with Gasteiger partial charge in [-0.15, -0.1) is 0 Å². The molecule has 0 aliphatic heterocycles. The van der Waals surface area contributed by atoms with E-state index >= 15 is 0 Å². The predicted molar refractivity (Wildman–Crippen MR) is 88.1 cm³/mol. The summed E-state index contributed by atoms with van der Waals surface area (Å²) in [6, 6.07) is 3.61. The maximum atomic E-state index is 13.8. The quantitative estimate of drug-likeness (QED) is 0.713. The summed E-state index contributed by atoms with van der Waals surface area (Å²) in [5.41, 5.74) is 0.433. The van der Waals surface area contributed by atoms with Gasteiger partial charge in [-0.2, -0.15) is 0 Å². The van der Waals surface area contributed by atoms with Crippen LogP contribution in [0.15, 0.2) is 18.2 Å². The maximum Gasteiger partial charge on any atom is 0.130 e. The monoisotopic (exact) mass is 329 g/mol. The molecule has 0 fully saturated rings. The van der Waals surface area contributed by atoms with Gasteiger partial charge in [0.25, 0.3) is 0 Å². The van der Waals surface area contributed by atoms with E-state index in [-0.39, 0.29) is 6.61 Å². The molecule has 0 spiro atoms. The van der Waals surface area contributed by atoms with E-state index in [0.717, 1.165) is 12.6 Å². The molecule has 0 aliphatic carbocycles. The first kappa shape index (κ1) is 20.0. The second-order valence-corrected chi connectivity index (χ2v) is 6.91. The van der Waals surface area contributed by atoms with Crippen LogP contribution in [0.3, 0.4) is 0 Å². The zero-order valence-electron chi connectivity index (χ0n) is 14.6. The number of benzene rings is 1. The Bertz CT molecular complexity index is 466. The Hall–Kier alpha value is -1.04. The van der Waals surface area contributed by atoms with Crippen LogP contribution in [0.25, 0.3) is 0 Å². The normalized spacial score (nSPS) is 13.3. The largest absolute Gasteiger partial charge is 0.389 e. The number of aliphatic hydroxyl groups is 1. The molecule has 1 aromatic carbocycles. The number of halogens is 2. The first-order valence-electron chi connectivity index (χ1n) is 8.20. The average Bonchev–Trinajstić information content (AvgIpc) is 2.40. The van der Waals surface area contributed by atoms with Crippen molar-refractivity contribution < 1.29 is 18.6 Å². The summed E-state index contributed by atoms with van der Waals surface area (Å²) in [5.74, 6) is -0.336. The highest BCUT2D eigenvalue weighted by Crippen LogP contribution is 2.14. The molecule has 0 amide bonds. The molecule has 1 rings (SSSR count). The summed E-state index contributed by atoms with van der Waals surface area (Å²) >= 11 is 0. The molecular weight excluding hydrogens is 300 g/mol. The van der Waals surface area contributed by atoms with Gasteiger partial charge in [-0.05, 0) is 17.9 Å². The van der Waals surface area contributed by atoms with Crippen LogP contribution in [0, 0.1) is 23.5 Å². The molecule has 0 radical (unpaired) electrons. The van der Waals surface area contributed by atoms with E-state index in [1.165, 1.54) is 12.1 Å². The minimum atomic E-state index is -0.629. The molecule has 1 atom stereocenters. The number of hydrogen-bond donors (Lipinski definition) is 1. The Morgan fingerprint density at radius 1 is 1.04 bits per heavy atom. The van der Waals surface area contributed by atoms with E-state index < -0.39 is 17.7 Å². The van der Waals surface area contributed by atoms with Gasteiger partial charge in [-0.25, -0.2) is 8.78 Å². The van der Waals surface area contributed by atoms with Gasteiger partial charge in [-0.1, -0.05) is 33.8 Å². The number of rotatable bonds is 10. The number of hydrogen-bond acceptors (Lipinski definition) is 3. The van der Waals surface area contributed by atoms with Crippen molar-refractivity contribution in [2.75, 3.05) is 26.3 Å². The summed E-state index contributed by atoms with van der Waals surface area (Å²) in [5, 5.41) is 10.1. The SMILES string of the molecule is CC(C)COCC(O)CN(Cc1ccc(F)cc1F)CC(C)C. The third kappa shape index (κ3) is 8.39. The van der Waals surface area contributed by atoms with Crippen LogP contribution in [-0.4, -0.2) is 42.4 Å². The first-order chi connectivity index (χ1) is 10.8. The molecule has 0 bridgehead atoms. The van der Waals surface area contributed by atoms with Crippen molar-refractivity contribution in [2.24, 2.45) is 11.8 Å². The van der Waals surface area contributed by atoms with Crippen molar-refractivity contribution in [3.8, 4) is 0 Å². The van der Waals surface area contributed by atoms with Crippen LogP contribution in [0.5, 0.6) is 0 Å². The average molecular weight is 329 g/mol. The third-order valence-corrected chi connectivity index (χ3v) is 3.26. The minimum absolute atomic E-state index is 0.263. The van der Waals surface area contributed by atoms with Gasteiger partial charge in [0.05, 0.1) is 12.7 Å². The topological polar surface area (TPSA) is 32.7 Å². The molecule has 0 heterocycles. The van der Waals surface area contributed by atoms with Crippen molar-refractivity contribution in [2.45, 2.75) is 40.3 Å². The molecule has 0 aromatic heterocycles. The molecule has 1 N–H and O–H groups in total. The molecule has 0 saturated heterocycles. The van der Waals surface area contributed by atoms with Crippen LogP contribution >= 0.6 is 0 Å². The lowest BCUT2D eigenvalue weighted by Crippen LogP contribution is -2.37. The minimum Gasteiger partial charge on any atom is -0.389 e. The van der Waals surface area contributed by atoms with Gasteiger partial charge < -0.3 is 9.84 Å². The van der Waals surface area contributed by atoms with Crippen molar-refractivity contribution in [1.29, 1.82) is 0 Å². The van der Waals surface area contributed by atoms with E-state index in [0.29, 0.717) is 37.1 Å². The lowest BCUT2D eigenvalue weighted by Gasteiger charge is -2.27. The van der Waals surface area contributed by atoms with Crippen LogP contribution < -0.4 is 0 Å². The number of ether oxygens (including phenoxy) is 1. The van der Waals surface area contributed by atoms with Gasteiger partial charge in [0.1, 0.15) is 11.6 Å². The Labute approximate surface area is 138 Å². The zero-order valence-corrected chi connectivity index (χ0v) is 14.6. The second-order valence-electron chi connectivity index (χ2n) is 6.91. The summed E-state index contributed by atoms with van der Waals surface area (Å²) < 4.78 is 32.3. The zero-order chi connectivity index (χ0) is 17.4. The van der Waals surface area contributed by atoms with Crippen molar-refractivity contribution in [1.82, 2.24) is 4.90 Å². The van der Waals surface area contributed by atoms with Crippen molar-refractivity contribution in [3.63, 3.8) is 0 Å². The highest BCUT2D eigenvalue weighted by molar-refractivity contribution is 5.18. The maximum absolute atomic E-state index is 13.8. The lowest BCUT2D eigenvalue weighted by molar-refractivity contribution is 0.00507. The molecule has 5 heteroatoms. The first-order valence-corrected chi connectivity index (χ1v) is 8.20. The van der Waals surface area contributed by atoms with E-state index in [9.17, 15) is 13.9 Å². The Morgan fingerprint density at radius 2 is 1.74 bits per heavy atom. The van der Waals surface area contributed by atoms with Crippen LogP contribution in [0.4, 0.5) is 8.78 Å². The summed E-state index contributed by atoms with van der Waals surface area (Å²) in [7, 11) is 0. The third-order valence-electron chi connectivity index (χ3n) is 3.26. The van der Waals surface area contributed by atoms with E-state index in [1.807, 2.05) is 4.90 Å². The smallest absolute Gasteiger partial charge is 0.130 e. The molecule has 1 aromatic rings. The van der Waals surface area contributed by atoms with Gasteiger partial charge in [0, 0.05) is 37.9 Å². The predicted octanol–water partition coefficient (Wildman–Crippen LogP) is 3.46. The van der Waals surface area contributed by atoms with E-state index in [4.69, 9.17) is 4.74 Å². The lowest BCUT2D eigenvalue weighted by atomic mass is 10.1. The Morgan fingerprint density at radius 3 is 2.30 bits per heavy atom. The number of nitrogens with zero attached hydrogens (tertiary/aromatic N) is 1. The van der Waals surface area contributed by atoms with Crippen molar-refractivity contribution >= 4 is 0 Å². The summed E-state index contributed by atoms with van der Waals surface area (Å²) in [6.45, 7) is 10.6. The van der Waals surface area contributed by atoms with Gasteiger partial charge in [0.15, 0.2) is 0 Å². The van der Waals surface area contributed by atoms with Gasteiger partial charge >= 0.3 is 0 Å². The Kier molecular flexibility index (Phi) is 8.66.